The summed E-state index contributed by atoms with van der Waals surface area (Å²) in [7, 11) is 4.37. The van der Waals surface area contributed by atoms with Gasteiger partial charge in [-0.2, -0.15) is 0 Å². The number of hydrogen-bond acceptors (Lipinski definition) is 3. The van der Waals surface area contributed by atoms with Gasteiger partial charge in [0, 0.05) is 19.1 Å². The van der Waals surface area contributed by atoms with Gasteiger partial charge in [-0.05, 0) is 57.0 Å². The molecule has 0 aromatic carbocycles. The molecule has 0 heterocycles. The molecule has 0 aromatic rings. The first-order chi connectivity index (χ1) is 8.92. The molecule has 2 unspecified atom stereocenters. The lowest BCUT2D eigenvalue weighted by atomic mass is 9.68. The van der Waals surface area contributed by atoms with Crippen LogP contribution in [-0.4, -0.2) is 49.3 Å². The van der Waals surface area contributed by atoms with Crippen molar-refractivity contribution in [1.29, 1.82) is 0 Å². The predicted octanol–water partition coefficient (Wildman–Crippen LogP) is 2.10. The van der Waals surface area contributed by atoms with Crippen LogP contribution < -0.4 is 5.32 Å². The average Bonchev–Trinajstić information content (AvgIpc) is 2.26. The van der Waals surface area contributed by atoms with Crippen LogP contribution in [0.1, 0.15) is 46.0 Å². The summed E-state index contributed by atoms with van der Waals surface area (Å²) in [5, 5.41) is 12.9. The summed E-state index contributed by atoms with van der Waals surface area (Å²) in [6.45, 7) is 7.16. The molecular weight excluding hydrogens is 236 g/mol. The molecule has 2 rings (SSSR count). The summed E-state index contributed by atoms with van der Waals surface area (Å²) >= 11 is 0. The van der Waals surface area contributed by atoms with Crippen LogP contribution in [0, 0.1) is 17.3 Å². The van der Waals surface area contributed by atoms with Crippen molar-refractivity contribution in [2.75, 3.05) is 27.2 Å². The minimum Gasteiger partial charge on any atom is -0.393 e. The van der Waals surface area contributed by atoms with Crippen LogP contribution in [0.5, 0.6) is 0 Å². The Morgan fingerprint density at radius 2 is 1.95 bits per heavy atom. The second-order valence-corrected chi connectivity index (χ2v) is 7.62. The van der Waals surface area contributed by atoms with Gasteiger partial charge in [-0.1, -0.05) is 20.3 Å². The summed E-state index contributed by atoms with van der Waals surface area (Å²) in [5.41, 5.74) is 0.422. The van der Waals surface area contributed by atoms with Gasteiger partial charge in [0.25, 0.3) is 0 Å². The van der Waals surface area contributed by atoms with Gasteiger partial charge in [-0.25, -0.2) is 0 Å². The Balaban J connectivity index is 1.82. The monoisotopic (exact) mass is 268 g/mol. The maximum absolute atomic E-state index is 9.37. The zero-order valence-electron chi connectivity index (χ0n) is 13.2. The Morgan fingerprint density at radius 1 is 1.26 bits per heavy atom. The maximum Gasteiger partial charge on any atom is 0.0546 e. The first-order valence-electron chi connectivity index (χ1n) is 7.96. The fraction of sp³-hybridized carbons (Fsp3) is 1.00. The van der Waals surface area contributed by atoms with Crippen LogP contribution in [0.2, 0.25) is 0 Å². The Hall–Kier alpha value is -0.120. The quantitative estimate of drug-likeness (QED) is 0.801. The van der Waals surface area contributed by atoms with Crippen LogP contribution in [0.3, 0.4) is 0 Å². The molecule has 0 amide bonds. The zero-order chi connectivity index (χ0) is 14.0. The highest BCUT2D eigenvalue weighted by Crippen LogP contribution is 2.39. The highest BCUT2D eigenvalue weighted by molar-refractivity contribution is 4.94. The third kappa shape index (κ3) is 3.71. The van der Waals surface area contributed by atoms with E-state index in [1.807, 2.05) is 0 Å². The molecule has 0 aromatic heterocycles. The van der Waals surface area contributed by atoms with Crippen LogP contribution in [0.15, 0.2) is 0 Å². The second kappa shape index (κ2) is 6.11. The Bertz CT molecular complexity index is 286. The van der Waals surface area contributed by atoms with Crippen molar-refractivity contribution in [2.24, 2.45) is 17.3 Å². The Morgan fingerprint density at radius 3 is 2.53 bits per heavy atom. The molecule has 0 saturated heterocycles. The topological polar surface area (TPSA) is 35.5 Å². The van der Waals surface area contributed by atoms with Gasteiger partial charge < -0.3 is 15.3 Å². The molecule has 0 spiro atoms. The summed E-state index contributed by atoms with van der Waals surface area (Å²) in [5.74, 6) is 1.49. The largest absolute Gasteiger partial charge is 0.393 e. The SMILES string of the molecule is CNC1C(CN(C)CC2CC(O)C2)CCCC1(C)C. The van der Waals surface area contributed by atoms with Gasteiger partial charge in [0.15, 0.2) is 0 Å². The molecule has 0 radical (unpaired) electrons. The third-order valence-electron chi connectivity index (χ3n) is 5.35. The van der Waals surface area contributed by atoms with Gasteiger partial charge in [-0.15, -0.1) is 0 Å². The van der Waals surface area contributed by atoms with Gasteiger partial charge in [0.05, 0.1) is 6.10 Å². The van der Waals surface area contributed by atoms with E-state index in [9.17, 15) is 5.11 Å². The highest BCUT2D eigenvalue weighted by atomic mass is 16.3. The minimum absolute atomic E-state index is 0.0166. The molecule has 0 aliphatic heterocycles. The van der Waals surface area contributed by atoms with Gasteiger partial charge in [-0.3, -0.25) is 0 Å². The molecule has 19 heavy (non-hydrogen) atoms. The number of hydrogen-bond donors (Lipinski definition) is 2. The molecule has 2 atom stereocenters. The molecule has 2 saturated carbocycles. The average molecular weight is 268 g/mol. The summed E-state index contributed by atoms with van der Waals surface area (Å²) in [6.07, 6.45) is 6.06. The molecule has 0 bridgehead atoms. The predicted molar refractivity (Wildman–Crippen MR) is 80.2 cm³/mol. The number of aliphatic hydroxyl groups is 1. The van der Waals surface area contributed by atoms with E-state index in [1.165, 1.54) is 25.8 Å². The third-order valence-corrected chi connectivity index (χ3v) is 5.35. The van der Waals surface area contributed by atoms with Crippen LogP contribution in [-0.2, 0) is 0 Å². The molecule has 3 heteroatoms. The van der Waals surface area contributed by atoms with Crippen LogP contribution in [0.25, 0.3) is 0 Å². The normalized spacial score (nSPS) is 38.2. The first-order valence-corrected chi connectivity index (χ1v) is 7.96. The van der Waals surface area contributed by atoms with E-state index in [1.54, 1.807) is 0 Å². The second-order valence-electron chi connectivity index (χ2n) is 7.62. The van der Waals surface area contributed by atoms with E-state index in [2.05, 4.69) is 38.2 Å². The van der Waals surface area contributed by atoms with Gasteiger partial charge in [0.2, 0.25) is 0 Å². The van der Waals surface area contributed by atoms with E-state index in [0.717, 1.165) is 31.2 Å². The van der Waals surface area contributed by atoms with Crippen molar-refractivity contribution < 1.29 is 5.11 Å². The van der Waals surface area contributed by atoms with E-state index >= 15 is 0 Å². The van der Waals surface area contributed by atoms with Gasteiger partial charge in [0.1, 0.15) is 0 Å². The van der Waals surface area contributed by atoms with Crippen molar-refractivity contribution in [3.63, 3.8) is 0 Å². The zero-order valence-corrected chi connectivity index (χ0v) is 13.2. The summed E-state index contributed by atoms with van der Waals surface area (Å²) in [4.78, 5) is 2.49. The van der Waals surface area contributed by atoms with E-state index in [-0.39, 0.29) is 6.10 Å². The maximum atomic E-state index is 9.37. The number of aliphatic hydroxyl groups excluding tert-OH is 1. The molecular formula is C16H32N2O. The molecule has 112 valence electrons. The van der Waals surface area contributed by atoms with E-state index < -0.39 is 0 Å². The van der Waals surface area contributed by atoms with Crippen LogP contribution in [0.4, 0.5) is 0 Å². The molecule has 2 aliphatic carbocycles. The number of nitrogens with zero attached hydrogens (tertiary/aromatic N) is 1. The number of nitrogens with one attached hydrogen (secondary N) is 1. The van der Waals surface area contributed by atoms with Crippen molar-refractivity contribution in [2.45, 2.75) is 58.1 Å². The lowest BCUT2D eigenvalue weighted by molar-refractivity contribution is 0.0202. The molecule has 2 N–H and O–H groups in total. The summed E-state index contributed by atoms with van der Waals surface area (Å²) < 4.78 is 0. The Labute approximate surface area is 118 Å². The molecule has 3 nitrogen and oxygen atoms in total. The van der Waals surface area contributed by atoms with Crippen molar-refractivity contribution >= 4 is 0 Å². The van der Waals surface area contributed by atoms with Crippen molar-refractivity contribution in [3.8, 4) is 0 Å². The minimum atomic E-state index is -0.0166. The summed E-state index contributed by atoms with van der Waals surface area (Å²) in [6, 6.07) is 0.635. The van der Waals surface area contributed by atoms with Crippen LogP contribution >= 0.6 is 0 Å². The lowest BCUT2D eigenvalue weighted by Crippen LogP contribution is -2.52. The smallest absolute Gasteiger partial charge is 0.0546 e. The lowest BCUT2D eigenvalue weighted by Gasteiger charge is -2.45. The number of rotatable bonds is 5. The van der Waals surface area contributed by atoms with Crippen molar-refractivity contribution in [1.82, 2.24) is 10.2 Å². The van der Waals surface area contributed by atoms with E-state index in [0.29, 0.717) is 11.5 Å². The molecule has 2 fully saturated rings. The fourth-order valence-corrected chi connectivity index (χ4v) is 4.37. The Kier molecular flexibility index (Phi) is 4.91. The highest BCUT2D eigenvalue weighted by Gasteiger charge is 2.38. The van der Waals surface area contributed by atoms with Gasteiger partial charge >= 0.3 is 0 Å². The fourth-order valence-electron chi connectivity index (χ4n) is 4.37. The van der Waals surface area contributed by atoms with Crippen molar-refractivity contribution in [3.05, 3.63) is 0 Å². The standard InChI is InChI=1S/C16H32N2O/c1-16(2)7-5-6-13(15(16)17-3)11-18(4)10-12-8-14(19)9-12/h12-15,17,19H,5-11H2,1-4H3. The molecule has 2 aliphatic rings. The van der Waals surface area contributed by atoms with E-state index in [4.69, 9.17) is 0 Å². The first kappa shape index (κ1) is 15.3.